The number of carbonyl (C=O) groups excluding carboxylic acids is 2. The molecule has 0 atom stereocenters. The van der Waals surface area contributed by atoms with Crippen LogP contribution in [0.1, 0.15) is 21.5 Å². The van der Waals surface area contributed by atoms with Gasteiger partial charge < -0.3 is 19.9 Å². The maximum absolute atomic E-state index is 12.7. The first-order valence-electron chi connectivity index (χ1n) is 11.7. The summed E-state index contributed by atoms with van der Waals surface area (Å²) < 4.78 is 43.3. The molecule has 2 aromatic carbocycles. The fourth-order valence-corrected chi connectivity index (χ4v) is 3.98. The van der Waals surface area contributed by atoms with Gasteiger partial charge in [-0.25, -0.2) is 9.78 Å². The summed E-state index contributed by atoms with van der Waals surface area (Å²) >= 11 is 0. The summed E-state index contributed by atoms with van der Waals surface area (Å²) in [5, 5.41) is 13.3. The van der Waals surface area contributed by atoms with Crippen LogP contribution in [0.5, 0.6) is 0 Å². The van der Waals surface area contributed by atoms with E-state index in [0.717, 1.165) is 12.1 Å². The maximum Gasteiger partial charge on any atom is 0.416 e. The van der Waals surface area contributed by atoms with Crippen LogP contribution in [0.3, 0.4) is 0 Å². The lowest BCUT2D eigenvalue weighted by molar-refractivity contribution is -0.137. The van der Waals surface area contributed by atoms with Gasteiger partial charge in [0.15, 0.2) is 0 Å². The quantitative estimate of drug-likeness (QED) is 0.403. The van der Waals surface area contributed by atoms with Crippen LogP contribution in [0.4, 0.5) is 29.5 Å². The van der Waals surface area contributed by atoms with Gasteiger partial charge in [0, 0.05) is 31.7 Å². The number of rotatable bonds is 5. The largest absolute Gasteiger partial charge is 0.445 e. The summed E-state index contributed by atoms with van der Waals surface area (Å²) in [5.41, 5.74) is 1.95. The number of nitrogens with zero attached hydrogens (tertiary/aromatic N) is 5. The first-order valence-corrected chi connectivity index (χ1v) is 11.7. The van der Waals surface area contributed by atoms with Crippen molar-refractivity contribution in [2.24, 2.45) is 0 Å². The third kappa shape index (κ3) is 5.66. The normalized spacial score (nSPS) is 14.0. The summed E-state index contributed by atoms with van der Waals surface area (Å²) in [4.78, 5) is 32.9. The molecule has 3 heterocycles. The number of hydrogen-bond donors (Lipinski definition) is 2. The lowest BCUT2D eigenvalue weighted by Gasteiger charge is -2.34. The summed E-state index contributed by atoms with van der Waals surface area (Å²) in [5.74, 6) is 0.401. The molecule has 2 N–H and O–H groups in total. The molecule has 0 saturated carbocycles. The lowest BCUT2D eigenvalue weighted by atomic mass is 10.1. The molecule has 1 saturated heterocycles. The van der Waals surface area contributed by atoms with E-state index in [2.05, 4.69) is 25.7 Å². The number of amides is 2. The van der Waals surface area contributed by atoms with E-state index in [0.29, 0.717) is 59.8 Å². The van der Waals surface area contributed by atoms with Gasteiger partial charge >= 0.3 is 12.3 Å². The molecule has 0 unspecified atom stereocenters. The number of halogens is 3. The number of aromatic nitrogens is 4. The van der Waals surface area contributed by atoms with Crippen molar-refractivity contribution in [1.29, 1.82) is 0 Å². The Bertz CT molecular complexity index is 1430. The van der Waals surface area contributed by atoms with Gasteiger partial charge in [-0.1, -0.05) is 12.1 Å². The lowest BCUT2D eigenvalue weighted by Crippen LogP contribution is -2.49. The molecule has 0 spiro atoms. The van der Waals surface area contributed by atoms with Crippen molar-refractivity contribution in [3.63, 3.8) is 0 Å². The molecule has 196 valence electrons. The van der Waals surface area contributed by atoms with Crippen LogP contribution in [-0.4, -0.2) is 63.5 Å². The second-order valence-corrected chi connectivity index (χ2v) is 8.61. The third-order valence-electron chi connectivity index (χ3n) is 6.09. The highest BCUT2D eigenvalue weighted by atomic mass is 19.4. The molecular formula is C25H22F3N7O3. The van der Waals surface area contributed by atoms with Gasteiger partial charge in [-0.3, -0.25) is 4.79 Å². The van der Waals surface area contributed by atoms with E-state index in [-0.39, 0.29) is 12.5 Å². The molecule has 0 radical (unpaired) electrons. The Kier molecular flexibility index (Phi) is 6.81. The van der Waals surface area contributed by atoms with Crippen LogP contribution in [-0.2, 0) is 17.5 Å². The molecule has 10 nitrogen and oxygen atoms in total. The molecule has 1 aliphatic rings. The zero-order valence-corrected chi connectivity index (χ0v) is 19.9. The van der Waals surface area contributed by atoms with Crippen LogP contribution < -0.4 is 10.2 Å². The Labute approximate surface area is 214 Å². The van der Waals surface area contributed by atoms with Crippen LogP contribution in [0, 0.1) is 0 Å². The van der Waals surface area contributed by atoms with Gasteiger partial charge in [0.05, 0.1) is 17.4 Å². The fourth-order valence-electron chi connectivity index (χ4n) is 3.98. The molecular weight excluding hydrogens is 503 g/mol. The topological polar surface area (TPSA) is 116 Å². The molecule has 5 rings (SSSR count). The van der Waals surface area contributed by atoms with E-state index in [1.807, 2.05) is 4.90 Å². The Balaban J connectivity index is 1.09. The molecule has 0 bridgehead atoms. The van der Waals surface area contributed by atoms with Crippen LogP contribution in [0.25, 0.3) is 11.0 Å². The zero-order chi connectivity index (χ0) is 26.7. The number of ether oxygens (including phenoxy) is 1. The SMILES string of the molecule is O=C(Nc1ccc(N2CCN(C(=O)OCc3ccc(C(F)(F)F)cc3)CC2)nc1)c1ccc2n[nH]nc2c1. The number of anilines is 2. The third-order valence-corrected chi connectivity index (χ3v) is 6.09. The molecule has 1 fully saturated rings. The van der Waals surface area contributed by atoms with Crippen LogP contribution >= 0.6 is 0 Å². The van der Waals surface area contributed by atoms with Crippen molar-refractivity contribution in [2.75, 3.05) is 36.4 Å². The van der Waals surface area contributed by atoms with Gasteiger partial charge in [0.2, 0.25) is 0 Å². The summed E-state index contributed by atoms with van der Waals surface area (Å²) in [6.45, 7) is 1.73. The highest BCUT2D eigenvalue weighted by Crippen LogP contribution is 2.29. The number of H-pyrrole nitrogens is 1. The molecule has 1 aliphatic heterocycles. The summed E-state index contributed by atoms with van der Waals surface area (Å²) in [7, 11) is 0. The number of fused-ring (bicyclic) bond motifs is 1. The average molecular weight is 525 g/mol. The molecule has 13 heteroatoms. The minimum Gasteiger partial charge on any atom is -0.445 e. The maximum atomic E-state index is 12.7. The minimum atomic E-state index is -4.41. The van der Waals surface area contributed by atoms with Gasteiger partial charge in [-0.15, -0.1) is 0 Å². The highest BCUT2D eigenvalue weighted by molar-refractivity contribution is 6.05. The number of nitrogens with one attached hydrogen (secondary N) is 2. The fraction of sp³-hybridized carbons (Fsp3) is 0.240. The summed E-state index contributed by atoms with van der Waals surface area (Å²) in [6, 6.07) is 13.1. The predicted octanol–water partition coefficient (Wildman–Crippen LogP) is 4.08. The number of piperazine rings is 1. The second kappa shape index (κ2) is 10.4. The van der Waals surface area contributed by atoms with Crippen LogP contribution in [0.2, 0.25) is 0 Å². The van der Waals surface area contributed by atoms with Gasteiger partial charge in [-0.05, 0) is 48.0 Å². The Hall–Kier alpha value is -4.68. The van der Waals surface area contributed by atoms with E-state index in [1.54, 1.807) is 41.4 Å². The number of carbonyl (C=O) groups is 2. The van der Waals surface area contributed by atoms with Crippen molar-refractivity contribution in [3.8, 4) is 0 Å². The van der Waals surface area contributed by atoms with Crippen molar-refractivity contribution < 1.29 is 27.5 Å². The van der Waals surface area contributed by atoms with E-state index in [1.165, 1.54) is 12.1 Å². The monoisotopic (exact) mass is 525 g/mol. The Morgan fingerprint density at radius 1 is 0.947 bits per heavy atom. The Morgan fingerprint density at radius 2 is 1.68 bits per heavy atom. The second-order valence-electron chi connectivity index (χ2n) is 8.61. The standard InChI is InChI=1S/C25H22F3N7O3/c26-25(27,28)18-4-1-16(2-5-18)15-38-24(37)35-11-9-34(10-12-35)22-8-6-19(14-29-22)30-23(36)17-3-7-20-21(13-17)32-33-31-20/h1-8,13-14H,9-12,15H2,(H,30,36)(H,31,32,33). The molecule has 38 heavy (non-hydrogen) atoms. The van der Waals surface area contributed by atoms with E-state index in [4.69, 9.17) is 4.74 Å². The van der Waals surface area contributed by atoms with E-state index in [9.17, 15) is 22.8 Å². The summed E-state index contributed by atoms with van der Waals surface area (Å²) in [6.07, 6.45) is -3.38. The molecule has 4 aromatic rings. The highest BCUT2D eigenvalue weighted by Gasteiger charge is 2.30. The van der Waals surface area contributed by atoms with Crippen molar-refractivity contribution in [3.05, 3.63) is 77.5 Å². The van der Waals surface area contributed by atoms with Crippen LogP contribution in [0.15, 0.2) is 60.8 Å². The number of benzene rings is 2. The van der Waals surface area contributed by atoms with Crippen molar-refractivity contribution in [1.82, 2.24) is 25.3 Å². The number of hydrogen-bond acceptors (Lipinski definition) is 7. The van der Waals surface area contributed by atoms with E-state index < -0.39 is 17.8 Å². The van der Waals surface area contributed by atoms with Crippen molar-refractivity contribution >= 4 is 34.5 Å². The average Bonchev–Trinajstić information content (AvgIpc) is 3.40. The Morgan fingerprint density at radius 3 is 2.37 bits per heavy atom. The number of alkyl halides is 3. The zero-order valence-electron chi connectivity index (χ0n) is 19.9. The first kappa shape index (κ1) is 25.0. The first-order chi connectivity index (χ1) is 18.3. The molecule has 2 amide bonds. The van der Waals surface area contributed by atoms with E-state index >= 15 is 0 Å². The smallest absolute Gasteiger partial charge is 0.416 e. The van der Waals surface area contributed by atoms with Gasteiger partial charge in [-0.2, -0.15) is 28.6 Å². The number of aromatic amines is 1. The van der Waals surface area contributed by atoms with Gasteiger partial charge in [0.25, 0.3) is 5.91 Å². The van der Waals surface area contributed by atoms with Crippen molar-refractivity contribution in [2.45, 2.75) is 12.8 Å². The number of pyridine rings is 1. The minimum absolute atomic E-state index is 0.113. The van der Waals surface area contributed by atoms with Gasteiger partial charge in [0.1, 0.15) is 23.5 Å². The predicted molar refractivity (Wildman–Crippen MR) is 131 cm³/mol. The molecule has 0 aliphatic carbocycles. The molecule has 2 aromatic heterocycles.